The van der Waals surface area contributed by atoms with Gasteiger partial charge in [0.15, 0.2) is 5.75 Å². The Hall–Kier alpha value is -1.82. The van der Waals surface area contributed by atoms with Crippen molar-refractivity contribution in [2.75, 3.05) is 5.73 Å². The third-order valence-electron chi connectivity index (χ3n) is 1.58. The van der Waals surface area contributed by atoms with Gasteiger partial charge in [0.05, 0.1) is 0 Å². The largest absolute Gasteiger partial charge is 0.506 e. The molecule has 1 heterocycles. The van der Waals surface area contributed by atoms with Gasteiger partial charge >= 0.3 is 0 Å². The van der Waals surface area contributed by atoms with Crippen molar-refractivity contribution in [1.82, 2.24) is 10.2 Å². The molecule has 0 spiro atoms. The monoisotopic (exact) mass is 209 g/mol. The van der Waals surface area contributed by atoms with Crippen LogP contribution in [0.4, 0.5) is 5.69 Å². The molecule has 0 atom stereocenters. The van der Waals surface area contributed by atoms with Gasteiger partial charge in [-0.2, -0.15) is 0 Å². The first-order chi connectivity index (χ1) is 6.77. The van der Waals surface area contributed by atoms with E-state index >= 15 is 0 Å². The maximum absolute atomic E-state index is 9.29. The Morgan fingerprint density at radius 1 is 1.43 bits per heavy atom. The van der Waals surface area contributed by atoms with Gasteiger partial charge in [-0.15, -0.1) is 5.10 Å². The maximum Gasteiger partial charge on any atom is 0.299 e. The van der Waals surface area contributed by atoms with E-state index in [4.69, 9.17) is 10.5 Å². The van der Waals surface area contributed by atoms with Crippen molar-refractivity contribution in [3.8, 4) is 16.7 Å². The van der Waals surface area contributed by atoms with Gasteiger partial charge in [0.1, 0.15) is 16.9 Å². The number of aromatic nitrogens is 2. The van der Waals surface area contributed by atoms with Gasteiger partial charge < -0.3 is 15.6 Å². The normalized spacial score (nSPS) is 10.0. The molecule has 0 saturated heterocycles. The van der Waals surface area contributed by atoms with Crippen molar-refractivity contribution < 1.29 is 9.84 Å². The number of rotatable bonds is 2. The molecule has 2 rings (SSSR count). The highest BCUT2D eigenvalue weighted by molar-refractivity contribution is 7.11. The molecule has 0 aliphatic heterocycles. The highest BCUT2D eigenvalue weighted by Gasteiger charge is 2.07. The van der Waals surface area contributed by atoms with Gasteiger partial charge in [0.25, 0.3) is 5.19 Å². The predicted molar refractivity (Wildman–Crippen MR) is 52.5 cm³/mol. The number of nitrogen functional groups attached to an aromatic ring is 1. The minimum absolute atomic E-state index is 0.00739. The van der Waals surface area contributed by atoms with Crippen LogP contribution < -0.4 is 10.5 Å². The molecule has 1 aromatic heterocycles. The van der Waals surface area contributed by atoms with Crippen molar-refractivity contribution in [3.05, 3.63) is 23.7 Å². The average Bonchev–Trinajstić information content (AvgIpc) is 2.66. The summed E-state index contributed by atoms with van der Waals surface area (Å²) in [6, 6.07) is 4.78. The Bertz CT molecular complexity index is 430. The standard InChI is InChI=1S/C8H7N3O2S/c9-7-5(12)2-1-3-6(7)13-8-11-10-4-14-8/h1-4,12H,9H2. The Morgan fingerprint density at radius 3 is 3.00 bits per heavy atom. The molecule has 0 bridgehead atoms. The predicted octanol–water partition coefficient (Wildman–Crippen LogP) is 1.62. The number of para-hydroxylation sites is 1. The number of aromatic hydroxyl groups is 1. The fourth-order valence-corrected chi connectivity index (χ4v) is 1.34. The van der Waals surface area contributed by atoms with Gasteiger partial charge in [-0.25, -0.2) is 0 Å². The second-order valence-electron chi connectivity index (χ2n) is 2.50. The van der Waals surface area contributed by atoms with Crippen molar-refractivity contribution >= 4 is 17.0 Å². The summed E-state index contributed by atoms with van der Waals surface area (Å²) in [4.78, 5) is 0. The van der Waals surface area contributed by atoms with Crippen molar-refractivity contribution in [2.24, 2.45) is 0 Å². The summed E-state index contributed by atoms with van der Waals surface area (Å²) >= 11 is 1.25. The zero-order valence-corrected chi connectivity index (χ0v) is 7.86. The van der Waals surface area contributed by atoms with E-state index in [1.165, 1.54) is 17.4 Å². The molecule has 1 aromatic carbocycles. The molecule has 5 nitrogen and oxygen atoms in total. The van der Waals surface area contributed by atoms with Crippen LogP contribution in [0.3, 0.4) is 0 Å². The van der Waals surface area contributed by atoms with Crippen molar-refractivity contribution in [3.63, 3.8) is 0 Å². The Kier molecular flexibility index (Phi) is 2.19. The Labute approximate surface area is 83.8 Å². The van der Waals surface area contributed by atoms with Crippen molar-refractivity contribution in [2.45, 2.75) is 0 Å². The van der Waals surface area contributed by atoms with E-state index in [0.29, 0.717) is 10.9 Å². The van der Waals surface area contributed by atoms with E-state index in [-0.39, 0.29) is 11.4 Å². The van der Waals surface area contributed by atoms with Gasteiger partial charge in [-0.05, 0) is 12.1 Å². The second-order valence-corrected chi connectivity index (χ2v) is 3.29. The van der Waals surface area contributed by atoms with E-state index in [2.05, 4.69) is 10.2 Å². The lowest BCUT2D eigenvalue weighted by Crippen LogP contribution is -1.91. The van der Waals surface area contributed by atoms with Crippen LogP contribution >= 0.6 is 11.3 Å². The number of anilines is 1. The summed E-state index contributed by atoms with van der Waals surface area (Å²) in [5, 5.41) is 17.0. The molecule has 0 unspecified atom stereocenters. The minimum atomic E-state index is -0.00739. The number of benzene rings is 1. The van der Waals surface area contributed by atoms with E-state index in [1.807, 2.05) is 0 Å². The smallest absolute Gasteiger partial charge is 0.299 e. The SMILES string of the molecule is Nc1c(O)cccc1Oc1nncs1. The summed E-state index contributed by atoms with van der Waals surface area (Å²) < 4.78 is 5.29. The summed E-state index contributed by atoms with van der Waals surface area (Å²) in [5.41, 5.74) is 7.33. The lowest BCUT2D eigenvalue weighted by molar-refractivity contribution is 0.456. The molecule has 6 heteroatoms. The molecule has 0 aliphatic carbocycles. The minimum Gasteiger partial charge on any atom is -0.506 e. The summed E-state index contributed by atoms with van der Waals surface area (Å²) in [6.07, 6.45) is 0. The third kappa shape index (κ3) is 1.60. The van der Waals surface area contributed by atoms with E-state index in [1.54, 1.807) is 17.6 Å². The maximum atomic E-state index is 9.29. The molecule has 72 valence electrons. The molecular weight excluding hydrogens is 202 g/mol. The van der Waals surface area contributed by atoms with Crippen LogP contribution in [0.5, 0.6) is 16.7 Å². The number of phenolic OH excluding ortho intramolecular Hbond substituents is 1. The van der Waals surface area contributed by atoms with Gasteiger partial charge in [-0.3, -0.25) is 0 Å². The lowest BCUT2D eigenvalue weighted by atomic mass is 10.3. The molecule has 3 N–H and O–H groups in total. The van der Waals surface area contributed by atoms with E-state index in [0.717, 1.165) is 0 Å². The average molecular weight is 209 g/mol. The summed E-state index contributed by atoms with van der Waals surface area (Å²) in [7, 11) is 0. The van der Waals surface area contributed by atoms with Crippen molar-refractivity contribution in [1.29, 1.82) is 0 Å². The number of ether oxygens (including phenoxy) is 1. The Morgan fingerprint density at radius 2 is 2.29 bits per heavy atom. The summed E-state index contributed by atoms with van der Waals surface area (Å²) in [5.74, 6) is 0.369. The Balaban J connectivity index is 2.29. The number of hydrogen-bond acceptors (Lipinski definition) is 6. The van der Waals surface area contributed by atoms with Crippen LogP contribution in [0.15, 0.2) is 23.7 Å². The first kappa shape index (κ1) is 8.76. The van der Waals surface area contributed by atoms with Crippen LogP contribution in [0.2, 0.25) is 0 Å². The summed E-state index contributed by atoms with van der Waals surface area (Å²) in [6.45, 7) is 0. The first-order valence-corrected chi connectivity index (χ1v) is 4.67. The number of phenols is 1. The topological polar surface area (TPSA) is 81.3 Å². The molecule has 2 aromatic rings. The van der Waals surface area contributed by atoms with Crippen LogP contribution in [0.25, 0.3) is 0 Å². The second kappa shape index (κ2) is 3.51. The number of nitrogens with zero attached hydrogens (tertiary/aromatic N) is 2. The molecule has 14 heavy (non-hydrogen) atoms. The molecule has 0 amide bonds. The zero-order valence-electron chi connectivity index (χ0n) is 7.04. The third-order valence-corrected chi connectivity index (χ3v) is 2.15. The van der Waals surface area contributed by atoms with Crippen LogP contribution in [0, 0.1) is 0 Å². The number of nitrogens with two attached hydrogens (primary N) is 1. The van der Waals surface area contributed by atoms with Crippen LogP contribution in [-0.4, -0.2) is 15.3 Å². The number of hydrogen-bond donors (Lipinski definition) is 2. The van der Waals surface area contributed by atoms with Gasteiger partial charge in [0, 0.05) is 0 Å². The van der Waals surface area contributed by atoms with Gasteiger partial charge in [-0.1, -0.05) is 22.5 Å². The zero-order chi connectivity index (χ0) is 9.97. The molecule has 0 aliphatic rings. The molecule has 0 radical (unpaired) electrons. The quantitative estimate of drug-likeness (QED) is 0.580. The van der Waals surface area contributed by atoms with Crippen LogP contribution in [0.1, 0.15) is 0 Å². The molecule has 0 saturated carbocycles. The van der Waals surface area contributed by atoms with Crippen LogP contribution in [-0.2, 0) is 0 Å². The fourth-order valence-electron chi connectivity index (χ4n) is 0.923. The highest BCUT2D eigenvalue weighted by atomic mass is 32.1. The first-order valence-electron chi connectivity index (χ1n) is 3.79. The van der Waals surface area contributed by atoms with E-state index in [9.17, 15) is 5.11 Å². The molecule has 0 fully saturated rings. The fraction of sp³-hybridized carbons (Fsp3) is 0. The highest BCUT2D eigenvalue weighted by Crippen LogP contribution is 2.33. The van der Waals surface area contributed by atoms with E-state index < -0.39 is 0 Å². The lowest BCUT2D eigenvalue weighted by Gasteiger charge is -2.05. The van der Waals surface area contributed by atoms with Gasteiger partial charge in [0.2, 0.25) is 0 Å². The molecular formula is C8H7N3O2S.